The van der Waals surface area contributed by atoms with E-state index in [1.165, 1.54) is 0 Å². The van der Waals surface area contributed by atoms with Crippen molar-refractivity contribution in [3.63, 3.8) is 0 Å². The lowest BCUT2D eigenvalue weighted by molar-refractivity contribution is 0.0551. The summed E-state index contributed by atoms with van der Waals surface area (Å²) >= 11 is 0. The van der Waals surface area contributed by atoms with Gasteiger partial charge in [-0.05, 0) is 25.1 Å². The van der Waals surface area contributed by atoms with Crippen LogP contribution in [0.4, 0.5) is 0 Å². The molecular formula is C18H24N4O3. The fourth-order valence-corrected chi connectivity index (χ4v) is 2.99. The molecule has 25 heavy (non-hydrogen) atoms. The van der Waals surface area contributed by atoms with Crippen LogP contribution in [-0.4, -0.2) is 59.1 Å². The quantitative estimate of drug-likeness (QED) is 0.828. The first-order valence-electron chi connectivity index (χ1n) is 8.62. The first-order chi connectivity index (χ1) is 12.1. The number of piperazine rings is 1. The number of benzene rings is 1. The van der Waals surface area contributed by atoms with Gasteiger partial charge in [0, 0.05) is 38.2 Å². The number of hydrogen-bond acceptors (Lipinski definition) is 6. The molecule has 0 bridgehead atoms. The second-order valence-corrected chi connectivity index (χ2v) is 6.14. The van der Waals surface area contributed by atoms with Crippen LogP contribution in [0.5, 0.6) is 5.75 Å². The first kappa shape index (κ1) is 17.4. The van der Waals surface area contributed by atoms with E-state index in [2.05, 4.69) is 22.0 Å². The molecule has 134 valence electrons. The van der Waals surface area contributed by atoms with E-state index >= 15 is 0 Å². The summed E-state index contributed by atoms with van der Waals surface area (Å²) in [5.74, 6) is 2.11. The molecule has 7 heteroatoms. The second kappa shape index (κ2) is 7.65. The number of ether oxygens (including phenoxy) is 1. The number of methoxy groups -OCH3 is 1. The molecule has 1 saturated heterocycles. The van der Waals surface area contributed by atoms with E-state index in [0.717, 1.165) is 25.3 Å². The van der Waals surface area contributed by atoms with Crippen LogP contribution >= 0.6 is 0 Å². The molecule has 7 nitrogen and oxygen atoms in total. The molecule has 1 amide bonds. The van der Waals surface area contributed by atoms with E-state index < -0.39 is 0 Å². The zero-order valence-electron chi connectivity index (χ0n) is 14.9. The minimum atomic E-state index is 0.0391. The maximum atomic E-state index is 12.7. The van der Waals surface area contributed by atoms with Crippen LogP contribution in [0.25, 0.3) is 0 Å². The molecule has 1 aliphatic rings. The molecule has 1 aliphatic heterocycles. The molecule has 1 aromatic heterocycles. The predicted molar refractivity (Wildman–Crippen MR) is 92.6 cm³/mol. The summed E-state index contributed by atoms with van der Waals surface area (Å²) in [7, 11) is 1.60. The van der Waals surface area contributed by atoms with Crippen LogP contribution in [-0.2, 0) is 6.42 Å². The lowest BCUT2D eigenvalue weighted by Gasteiger charge is -2.36. The van der Waals surface area contributed by atoms with Crippen molar-refractivity contribution in [2.24, 2.45) is 0 Å². The van der Waals surface area contributed by atoms with Gasteiger partial charge in [0.05, 0.1) is 13.2 Å². The van der Waals surface area contributed by atoms with Crippen molar-refractivity contribution in [1.82, 2.24) is 19.9 Å². The molecule has 0 aliphatic carbocycles. The maximum Gasteiger partial charge on any atom is 0.254 e. The average molecular weight is 344 g/mol. The summed E-state index contributed by atoms with van der Waals surface area (Å²) in [4.78, 5) is 21.2. The van der Waals surface area contributed by atoms with Gasteiger partial charge in [-0.3, -0.25) is 9.69 Å². The molecule has 3 rings (SSSR count). The summed E-state index contributed by atoms with van der Waals surface area (Å²) < 4.78 is 10.5. The van der Waals surface area contributed by atoms with E-state index in [0.29, 0.717) is 30.3 Å². The summed E-state index contributed by atoms with van der Waals surface area (Å²) in [5, 5.41) is 3.96. The Morgan fingerprint density at radius 3 is 2.72 bits per heavy atom. The average Bonchev–Trinajstić information content (AvgIpc) is 3.16. The fourth-order valence-electron chi connectivity index (χ4n) is 2.99. The predicted octanol–water partition coefficient (Wildman–Crippen LogP) is 2.16. The Hall–Kier alpha value is -2.41. The molecule has 1 fully saturated rings. The van der Waals surface area contributed by atoms with Gasteiger partial charge in [0.25, 0.3) is 5.91 Å². The minimum absolute atomic E-state index is 0.0391. The van der Waals surface area contributed by atoms with E-state index in [1.54, 1.807) is 13.2 Å². The van der Waals surface area contributed by atoms with Crippen molar-refractivity contribution in [1.29, 1.82) is 0 Å². The molecule has 1 unspecified atom stereocenters. The normalized spacial score (nSPS) is 16.7. The van der Waals surface area contributed by atoms with Crippen LogP contribution in [0.15, 0.2) is 28.8 Å². The van der Waals surface area contributed by atoms with Gasteiger partial charge < -0.3 is 14.2 Å². The molecule has 0 N–H and O–H groups in total. The number of aromatic nitrogens is 2. The molecular weight excluding hydrogens is 320 g/mol. The fraction of sp³-hybridized carbons (Fsp3) is 0.500. The second-order valence-electron chi connectivity index (χ2n) is 6.14. The topological polar surface area (TPSA) is 71.7 Å². The Morgan fingerprint density at radius 2 is 2.08 bits per heavy atom. The highest BCUT2D eigenvalue weighted by molar-refractivity contribution is 5.94. The van der Waals surface area contributed by atoms with Gasteiger partial charge in [-0.15, -0.1) is 0 Å². The molecule has 0 radical (unpaired) electrons. The third kappa shape index (κ3) is 3.82. The van der Waals surface area contributed by atoms with Gasteiger partial charge in [-0.25, -0.2) is 0 Å². The monoisotopic (exact) mass is 344 g/mol. The van der Waals surface area contributed by atoms with Crippen LogP contribution in [0.3, 0.4) is 0 Å². The Kier molecular flexibility index (Phi) is 5.33. The van der Waals surface area contributed by atoms with Gasteiger partial charge >= 0.3 is 0 Å². The number of carbonyl (C=O) groups excluding carboxylic acids is 1. The Bertz CT molecular complexity index is 723. The highest BCUT2D eigenvalue weighted by Gasteiger charge is 2.28. The van der Waals surface area contributed by atoms with Crippen molar-refractivity contribution in [3.8, 4) is 5.75 Å². The SMILES string of the molecule is CCc1noc(C(C)N2CCN(C(=O)c3cccc(OC)c3)CC2)n1. The van der Waals surface area contributed by atoms with Gasteiger partial charge in [0.15, 0.2) is 5.82 Å². The molecule has 0 spiro atoms. The Balaban J connectivity index is 1.60. The van der Waals surface area contributed by atoms with Crippen LogP contribution in [0, 0.1) is 0 Å². The van der Waals surface area contributed by atoms with Gasteiger partial charge in [-0.2, -0.15) is 4.98 Å². The summed E-state index contributed by atoms with van der Waals surface area (Å²) in [6, 6.07) is 7.34. The van der Waals surface area contributed by atoms with Crippen molar-refractivity contribution in [2.45, 2.75) is 26.3 Å². The van der Waals surface area contributed by atoms with E-state index in [9.17, 15) is 4.79 Å². The van der Waals surface area contributed by atoms with Crippen LogP contribution in [0.1, 0.15) is 42.0 Å². The molecule has 0 saturated carbocycles. The van der Waals surface area contributed by atoms with Crippen LogP contribution < -0.4 is 4.74 Å². The maximum absolute atomic E-state index is 12.7. The zero-order valence-corrected chi connectivity index (χ0v) is 14.9. The Morgan fingerprint density at radius 1 is 1.32 bits per heavy atom. The van der Waals surface area contributed by atoms with E-state index in [1.807, 2.05) is 30.0 Å². The number of carbonyl (C=O) groups is 1. The van der Waals surface area contributed by atoms with Crippen molar-refractivity contribution < 1.29 is 14.1 Å². The number of rotatable bonds is 5. The lowest BCUT2D eigenvalue weighted by Crippen LogP contribution is -2.49. The molecule has 1 aromatic carbocycles. The highest BCUT2D eigenvalue weighted by Crippen LogP contribution is 2.21. The molecule has 2 aromatic rings. The summed E-state index contributed by atoms with van der Waals surface area (Å²) in [5.41, 5.74) is 0.658. The summed E-state index contributed by atoms with van der Waals surface area (Å²) in [6.45, 7) is 6.97. The standard InChI is InChI=1S/C18H24N4O3/c1-4-16-19-17(25-20-16)13(2)21-8-10-22(11-9-21)18(23)14-6-5-7-15(12-14)24-3/h5-7,12-13H,4,8-11H2,1-3H3. The van der Waals surface area contributed by atoms with Gasteiger partial charge in [-0.1, -0.05) is 18.1 Å². The van der Waals surface area contributed by atoms with Crippen molar-refractivity contribution in [3.05, 3.63) is 41.5 Å². The van der Waals surface area contributed by atoms with E-state index in [-0.39, 0.29) is 11.9 Å². The van der Waals surface area contributed by atoms with Crippen molar-refractivity contribution >= 4 is 5.91 Å². The van der Waals surface area contributed by atoms with Gasteiger partial charge in [0.2, 0.25) is 5.89 Å². The summed E-state index contributed by atoms with van der Waals surface area (Å²) in [6.07, 6.45) is 0.763. The third-order valence-electron chi connectivity index (χ3n) is 4.62. The largest absolute Gasteiger partial charge is 0.497 e. The number of aryl methyl sites for hydroxylation is 1. The molecule has 2 heterocycles. The smallest absolute Gasteiger partial charge is 0.254 e. The molecule has 1 atom stereocenters. The number of hydrogen-bond donors (Lipinski definition) is 0. The minimum Gasteiger partial charge on any atom is -0.497 e. The number of nitrogens with zero attached hydrogens (tertiary/aromatic N) is 4. The van der Waals surface area contributed by atoms with Crippen molar-refractivity contribution in [2.75, 3.05) is 33.3 Å². The third-order valence-corrected chi connectivity index (χ3v) is 4.62. The first-order valence-corrected chi connectivity index (χ1v) is 8.62. The Labute approximate surface area is 147 Å². The van der Waals surface area contributed by atoms with Crippen LogP contribution in [0.2, 0.25) is 0 Å². The van der Waals surface area contributed by atoms with Gasteiger partial charge in [0.1, 0.15) is 5.75 Å². The zero-order chi connectivity index (χ0) is 17.8. The lowest BCUT2D eigenvalue weighted by atomic mass is 10.1. The number of amides is 1. The highest BCUT2D eigenvalue weighted by atomic mass is 16.5. The van der Waals surface area contributed by atoms with E-state index in [4.69, 9.17) is 9.26 Å².